The van der Waals surface area contributed by atoms with Crippen molar-refractivity contribution >= 4 is 11.9 Å². The molecule has 0 heterocycles. The van der Waals surface area contributed by atoms with Crippen LogP contribution in [0.1, 0.15) is 210 Å². The van der Waals surface area contributed by atoms with E-state index in [1.165, 1.54) is 89.9 Å². The highest BCUT2D eigenvalue weighted by Crippen LogP contribution is 2.23. The van der Waals surface area contributed by atoms with Crippen molar-refractivity contribution in [1.29, 1.82) is 0 Å². The van der Waals surface area contributed by atoms with Crippen LogP contribution in [0.2, 0.25) is 0 Å². The topological polar surface area (TPSA) is 65.1 Å². The Morgan fingerprint density at radius 3 is 1.17 bits per heavy atom. The first kappa shape index (κ1) is 51.9. The quantitative estimate of drug-likeness (QED) is 0.0462. The van der Waals surface area contributed by atoms with Gasteiger partial charge in [-0.2, -0.15) is 0 Å². The lowest BCUT2D eigenvalue weighted by Crippen LogP contribution is -2.28. The summed E-state index contributed by atoms with van der Waals surface area (Å²) < 4.78 is 17.8. The summed E-state index contributed by atoms with van der Waals surface area (Å²) in [6.07, 6.45) is 25.2. The van der Waals surface area contributed by atoms with Crippen LogP contribution in [0.5, 0.6) is 0 Å². The fourth-order valence-corrected chi connectivity index (χ4v) is 7.11. The Labute approximate surface area is 331 Å². The number of hydrogen-bond donors (Lipinski definition) is 0. The number of likely N-dealkylation sites (N-methyl/N-ethyl adjacent to an activating group) is 1. The minimum absolute atomic E-state index is 0.0100. The van der Waals surface area contributed by atoms with Crippen molar-refractivity contribution in [3.8, 4) is 0 Å². The van der Waals surface area contributed by atoms with Gasteiger partial charge in [-0.1, -0.05) is 159 Å². The van der Waals surface area contributed by atoms with E-state index < -0.39 is 0 Å². The largest absolute Gasteiger partial charge is 0.465 e. The van der Waals surface area contributed by atoms with E-state index in [9.17, 15) is 9.59 Å². The second-order valence-electron chi connectivity index (χ2n) is 17.9. The normalized spacial score (nSPS) is 13.8. The van der Waals surface area contributed by atoms with Crippen LogP contribution in [-0.2, 0) is 23.8 Å². The van der Waals surface area contributed by atoms with Gasteiger partial charge in [0.25, 0.3) is 0 Å². The zero-order chi connectivity index (χ0) is 39.7. The van der Waals surface area contributed by atoms with Crippen LogP contribution >= 0.6 is 0 Å². The maximum atomic E-state index is 12.3. The van der Waals surface area contributed by atoms with Gasteiger partial charge in [-0.15, -0.1) is 0 Å². The molecule has 0 aliphatic carbocycles. The van der Waals surface area contributed by atoms with Crippen molar-refractivity contribution in [2.45, 2.75) is 217 Å². The van der Waals surface area contributed by atoms with E-state index in [0.717, 1.165) is 64.8 Å². The molecule has 6 heteroatoms. The van der Waals surface area contributed by atoms with Crippen molar-refractivity contribution in [1.82, 2.24) is 4.90 Å². The van der Waals surface area contributed by atoms with Gasteiger partial charge >= 0.3 is 11.9 Å². The lowest BCUT2D eigenvalue weighted by atomic mass is 9.89. The smallest absolute Gasteiger partial charge is 0.305 e. The molecular formula is C47H93NO5. The van der Waals surface area contributed by atoms with E-state index in [4.69, 9.17) is 14.2 Å². The number of carbonyl (C=O) groups is 2. The molecule has 0 aliphatic rings. The first-order valence-electron chi connectivity index (χ1n) is 23.0. The Morgan fingerprint density at radius 2 is 0.830 bits per heavy atom. The van der Waals surface area contributed by atoms with Crippen molar-refractivity contribution in [3.05, 3.63) is 0 Å². The molecule has 0 aliphatic heterocycles. The predicted octanol–water partition coefficient (Wildman–Crippen LogP) is 13.2. The lowest BCUT2D eigenvalue weighted by molar-refractivity contribution is -0.146. The molecule has 316 valence electrons. The monoisotopic (exact) mass is 752 g/mol. The number of ether oxygens (including phenoxy) is 3. The van der Waals surface area contributed by atoms with Gasteiger partial charge in [0.15, 0.2) is 0 Å². The summed E-state index contributed by atoms with van der Waals surface area (Å²) >= 11 is 0. The molecule has 0 aromatic carbocycles. The highest BCUT2D eigenvalue weighted by atomic mass is 16.5. The highest BCUT2D eigenvalue weighted by Gasteiger charge is 2.18. The molecule has 0 rings (SSSR count). The van der Waals surface area contributed by atoms with Gasteiger partial charge in [-0.05, 0) is 87.1 Å². The Bertz CT molecular complexity index is 766. The number of esters is 2. The number of rotatable bonds is 38. The summed E-state index contributed by atoms with van der Waals surface area (Å²) in [7, 11) is 0. The molecule has 0 saturated heterocycles. The van der Waals surface area contributed by atoms with Crippen molar-refractivity contribution in [3.63, 3.8) is 0 Å². The summed E-state index contributed by atoms with van der Waals surface area (Å²) in [5.74, 6) is 3.45. The lowest BCUT2D eigenvalue weighted by Gasteiger charge is -2.22. The Hall–Kier alpha value is -1.14. The van der Waals surface area contributed by atoms with Crippen LogP contribution in [0, 0.1) is 35.5 Å². The van der Waals surface area contributed by atoms with Crippen LogP contribution in [0.3, 0.4) is 0 Å². The van der Waals surface area contributed by atoms with Crippen LogP contribution in [-0.4, -0.2) is 62.4 Å². The summed E-state index contributed by atoms with van der Waals surface area (Å²) in [4.78, 5) is 27.1. The number of carbonyl (C=O) groups excluding carboxylic acids is 2. The fourth-order valence-electron chi connectivity index (χ4n) is 7.11. The van der Waals surface area contributed by atoms with Crippen molar-refractivity contribution < 1.29 is 23.8 Å². The third-order valence-electron chi connectivity index (χ3n) is 11.5. The Morgan fingerprint density at radius 1 is 0.472 bits per heavy atom. The maximum Gasteiger partial charge on any atom is 0.305 e. The maximum absolute atomic E-state index is 12.3. The minimum Gasteiger partial charge on any atom is -0.465 e. The second kappa shape index (κ2) is 35.3. The first-order valence-corrected chi connectivity index (χ1v) is 23.0. The van der Waals surface area contributed by atoms with E-state index in [0.29, 0.717) is 67.7 Å². The van der Waals surface area contributed by atoms with E-state index in [-0.39, 0.29) is 11.9 Å². The van der Waals surface area contributed by atoms with Gasteiger partial charge in [-0.3, -0.25) is 9.59 Å². The third kappa shape index (κ3) is 32.8. The highest BCUT2D eigenvalue weighted by molar-refractivity contribution is 5.69. The van der Waals surface area contributed by atoms with Gasteiger partial charge in [0.1, 0.15) is 0 Å². The molecule has 2 unspecified atom stereocenters. The molecule has 0 bridgehead atoms. The van der Waals surface area contributed by atoms with Crippen molar-refractivity contribution in [2.24, 2.45) is 35.5 Å². The molecule has 0 N–H and O–H groups in total. The van der Waals surface area contributed by atoms with E-state index in [1.54, 1.807) is 0 Å². The third-order valence-corrected chi connectivity index (χ3v) is 11.5. The molecule has 0 amide bonds. The fraction of sp³-hybridized carbons (Fsp3) is 0.957. The Balaban J connectivity index is 4.15. The molecule has 0 radical (unpaired) electrons. The van der Waals surface area contributed by atoms with Crippen LogP contribution < -0.4 is 0 Å². The number of nitrogens with zero attached hydrogens (tertiary/aromatic N) is 1. The first-order chi connectivity index (χ1) is 25.4. The number of unbranched alkanes of at least 4 members (excludes halogenated alkanes) is 12. The van der Waals surface area contributed by atoms with Gasteiger partial charge in [-0.25, -0.2) is 0 Å². The van der Waals surface area contributed by atoms with Crippen LogP contribution in [0.25, 0.3) is 0 Å². The van der Waals surface area contributed by atoms with E-state index >= 15 is 0 Å². The molecule has 6 nitrogen and oxygen atoms in total. The second-order valence-corrected chi connectivity index (χ2v) is 17.9. The number of hydrogen-bond acceptors (Lipinski definition) is 6. The average molecular weight is 752 g/mol. The average Bonchev–Trinajstić information content (AvgIpc) is 3.10. The van der Waals surface area contributed by atoms with Crippen LogP contribution in [0.4, 0.5) is 0 Å². The molecule has 0 fully saturated rings. The van der Waals surface area contributed by atoms with Crippen LogP contribution in [0.15, 0.2) is 0 Å². The zero-order valence-electron chi connectivity index (χ0n) is 37.3. The molecule has 0 aromatic heterocycles. The molecule has 53 heavy (non-hydrogen) atoms. The Kier molecular flexibility index (Phi) is 34.5. The van der Waals surface area contributed by atoms with E-state index in [1.807, 2.05) is 0 Å². The summed E-state index contributed by atoms with van der Waals surface area (Å²) in [6.45, 7) is 27.7. The molecule has 0 aromatic rings. The van der Waals surface area contributed by atoms with Gasteiger partial charge in [0, 0.05) is 19.4 Å². The zero-order valence-corrected chi connectivity index (χ0v) is 37.3. The summed E-state index contributed by atoms with van der Waals surface area (Å²) in [5, 5.41) is 0. The summed E-state index contributed by atoms with van der Waals surface area (Å²) in [5.41, 5.74) is 0. The van der Waals surface area contributed by atoms with Gasteiger partial charge < -0.3 is 19.1 Å². The van der Waals surface area contributed by atoms with Crippen molar-refractivity contribution in [2.75, 3.05) is 39.5 Å². The standard InChI is InChI=1S/C47H93NO5/c1-11-48(12-2)35-36-51-45(27-23-19-15-13-17-21-25-29-46(49)52-37-43(41(7)8)33-31-39(3)4)28-24-20-16-14-18-22-26-30-47(50)53-38-44(42(9)10)34-32-40(5)6/h39-45H,11-38H2,1-10H3. The molecular weight excluding hydrogens is 659 g/mol. The molecule has 0 saturated carbocycles. The van der Waals surface area contributed by atoms with E-state index in [2.05, 4.69) is 74.1 Å². The molecule has 2 atom stereocenters. The summed E-state index contributed by atoms with van der Waals surface area (Å²) in [6, 6.07) is 0. The van der Waals surface area contributed by atoms with Gasteiger partial charge in [0.05, 0.1) is 25.9 Å². The predicted molar refractivity (Wildman–Crippen MR) is 227 cm³/mol. The van der Waals surface area contributed by atoms with Gasteiger partial charge in [0.2, 0.25) is 0 Å². The minimum atomic E-state index is -0.0100. The SMILES string of the molecule is CCN(CC)CCOC(CCCCCCCCCC(=O)OCC(CCC(C)C)C(C)C)CCCCCCCCCC(=O)OCC(CCC(C)C)C(C)C. The molecule has 0 spiro atoms.